The molecule has 0 N–H and O–H groups in total. The molecule has 0 heteroatoms. The Hall–Kier alpha value is -0.260. The van der Waals surface area contributed by atoms with Crippen molar-refractivity contribution in [2.75, 3.05) is 0 Å². The molecule has 2 bridgehead atoms. The molecule has 0 aliphatic heterocycles. The Balaban J connectivity index is 1.88. The minimum Gasteiger partial charge on any atom is -0.0882 e. The van der Waals surface area contributed by atoms with Crippen molar-refractivity contribution in [3.05, 3.63) is 11.6 Å². The van der Waals surface area contributed by atoms with Crippen LogP contribution in [0.2, 0.25) is 0 Å². The van der Waals surface area contributed by atoms with Gasteiger partial charge in [0.25, 0.3) is 0 Å². The van der Waals surface area contributed by atoms with Crippen molar-refractivity contribution in [3.8, 4) is 0 Å². The van der Waals surface area contributed by atoms with Gasteiger partial charge in [0, 0.05) is 0 Å². The van der Waals surface area contributed by atoms with E-state index in [-0.39, 0.29) is 0 Å². The van der Waals surface area contributed by atoms with E-state index in [0.717, 1.165) is 23.7 Å². The highest BCUT2D eigenvalue weighted by molar-refractivity contribution is 5.17. The summed E-state index contributed by atoms with van der Waals surface area (Å²) < 4.78 is 0. The largest absolute Gasteiger partial charge is 0.0882 e. The van der Waals surface area contributed by atoms with E-state index in [1.165, 1.54) is 38.5 Å². The van der Waals surface area contributed by atoms with Gasteiger partial charge in [-0.15, -0.1) is 0 Å². The molecule has 2 aliphatic rings. The summed E-state index contributed by atoms with van der Waals surface area (Å²) >= 11 is 0. The van der Waals surface area contributed by atoms with Crippen LogP contribution in [0.5, 0.6) is 0 Å². The van der Waals surface area contributed by atoms with Crippen LogP contribution >= 0.6 is 0 Å². The molecule has 0 aromatic heterocycles. The molecule has 0 radical (unpaired) electrons. The summed E-state index contributed by atoms with van der Waals surface area (Å²) in [5.41, 5.74) is 1.78. The van der Waals surface area contributed by atoms with Crippen molar-refractivity contribution in [1.29, 1.82) is 0 Å². The average molecular weight is 206 g/mol. The SMILES string of the molecule is C/C=C1/CC2CC1CC2C(C)CCCC. The van der Waals surface area contributed by atoms with Crippen LogP contribution in [-0.4, -0.2) is 0 Å². The summed E-state index contributed by atoms with van der Waals surface area (Å²) in [4.78, 5) is 0. The van der Waals surface area contributed by atoms with Crippen LogP contribution in [-0.2, 0) is 0 Å². The zero-order valence-corrected chi connectivity index (χ0v) is 10.6. The van der Waals surface area contributed by atoms with Gasteiger partial charge in [-0.25, -0.2) is 0 Å². The standard InChI is InChI=1S/C15H26/c1-4-6-7-11(3)15-10-13-9-14(15)8-12(13)5-2/h5,11,13-15H,4,6-10H2,1-3H3/b12-5-. The zero-order valence-electron chi connectivity index (χ0n) is 10.6. The van der Waals surface area contributed by atoms with Crippen molar-refractivity contribution in [3.63, 3.8) is 0 Å². The molecule has 2 saturated carbocycles. The molecule has 2 rings (SSSR count). The third-order valence-electron chi connectivity index (χ3n) is 4.89. The van der Waals surface area contributed by atoms with Gasteiger partial charge >= 0.3 is 0 Å². The van der Waals surface area contributed by atoms with E-state index in [4.69, 9.17) is 0 Å². The molecule has 4 atom stereocenters. The lowest BCUT2D eigenvalue weighted by Gasteiger charge is -2.29. The normalized spacial score (nSPS) is 38.9. The van der Waals surface area contributed by atoms with Crippen LogP contribution in [0.25, 0.3) is 0 Å². The predicted molar refractivity (Wildman–Crippen MR) is 66.8 cm³/mol. The van der Waals surface area contributed by atoms with E-state index in [2.05, 4.69) is 26.8 Å². The van der Waals surface area contributed by atoms with Crippen molar-refractivity contribution < 1.29 is 0 Å². The molecule has 2 fully saturated rings. The molecular formula is C15H26. The van der Waals surface area contributed by atoms with E-state index >= 15 is 0 Å². The van der Waals surface area contributed by atoms with Gasteiger partial charge in [-0.05, 0) is 49.9 Å². The highest BCUT2D eigenvalue weighted by Crippen LogP contribution is 2.54. The molecule has 15 heavy (non-hydrogen) atoms. The second kappa shape index (κ2) is 4.72. The summed E-state index contributed by atoms with van der Waals surface area (Å²) in [5, 5.41) is 0. The van der Waals surface area contributed by atoms with Gasteiger partial charge in [-0.3, -0.25) is 0 Å². The average Bonchev–Trinajstić information content (AvgIpc) is 2.84. The fraction of sp³-hybridized carbons (Fsp3) is 0.867. The van der Waals surface area contributed by atoms with Gasteiger partial charge in [0.05, 0.1) is 0 Å². The summed E-state index contributed by atoms with van der Waals surface area (Å²) in [6, 6.07) is 0. The maximum Gasteiger partial charge on any atom is -0.0198 e. The molecule has 0 nitrogen and oxygen atoms in total. The van der Waals surface area contributed by atoms with Crippen LogP contribution in [0.15, 0.2) is 11.6 Å². The molecule has 0 spiro atoms. The maximum absolute atomic E-state index is 2.50. The molecule has 0 amide bonds. The number of hydrogen-bond acceptors (Lipinski definition) is 0. The second-order valence-electron chi connectivity index (χ2n) is 5.78. The van der Waals surface area contributed by atoms with Gasteiger partial charge in [0.2, 0.25) is 0 Å². The Labute approximate surface area is 95.1 Å². The first kappa shape index (κ1) is 11.2. The third kappa shape index (κ3) is 2.14. The van der Waals surface area contributed by atoms with Gasteiger partial charge in [-0.2, -0.15) is 0 Å². The zero-order chi connectivity index (χ0) is 10.8. The minimum atomic E-state index is 0.981. The van der Waals surface area contributed by atoms with Crippen LogP contribution in [0.1, 0.15) is 59.3 Å². The first-order valence-electron chi connectivity index (χ1n) is 6.91. The highest BCUT2D eigenvalue weighted by Gasteiger charge is 2.43. The first-order chi connectivity index (χ1) is 7.26. The molecule has 2 aliphatic carbocycles. The highest BCUT2D eigenvalue weighted by atomic mass is 14.5. The third-order valence-corrected chi connectivity index (χ3v) is 4.89. The van der Waals surface area contributed by atoms with E-state index in [1.54, 1.807) is 5.57 Å². The van der Waals surface area contributed by atoms with Gasteiger partial charge < -0.3 is 0 Å². The van der Waals surface area contributed by atoms with Crippen molar-refractivity contribution in [1.82, 2.24) is 0 Å². The van der Waals surface area contributed by atoms with Crippen molar-refractivity contribution >= 4 is 0 Å². The number of rotatable bonds is 4. The predicted octanol–water partition coefficient (Wildman–Crippen LogP) is 4.81. The van der Waals surface area contributed by atoms with Crippen LogP contribution in [0.4, 0.5) is 0 Å². The van der Waals surface area contributed by atoms with Crippen LogP contribution in [0, 0.1) is 23.7 Å². The monoisotopic (exact) mass is 206 g/mol. The Bertz CT molecular complexity index is 238. The second-order valence-corrected chi connectivity index (χ2v) is 5.78. The smallest absolute Gasteiger partial charge is 0.0198 e. The molecular weight excluding hydrogens is 180 g/mol. The number of unbranched alkanes of at least 4 members (excludes halogenated alkanes) is 1. The van der Waals surface area contributed by atoms with Crippen molar-refractivity contribution in [2.45, 2.75) is 59.3 Å². The molecule has 86 valence electrons. The lowest BCUT2D eigenvalue weighted by Crippen LogP contribution is -2.19. The minimum absolute atomic E-state index is 0.981. The topological polar surface area (TPSA) is 0 Å². The summed E-state index contributed by atoms with van der Waals surface area (Å²) in [6.07, 6.45) is 11.1. The van der Waals surface area contributed by atoms with E-state index < -0.39 is 0 Å². The number of fused-ring (bicyclic) bond motifs is 2. The molecule has 4 unspecified atom stereocenters. The van der Waals surface area contributed by atoms with E-state index in [0.29, 0.717) is 0 Å². The Kier molecular flexibility index (Phi) is 3.53. The molecule has 0 saturated heterocycles. The van der Waals surface area contributed by atoms with Crippen LogP contribution < -0.4 is 0 Å². The Morgan fingerprint density at radius 2 is 2.20 bits per heavy atom. The lowest BCUT2D eigenvalue weighted by molar-refractivity contribution is 0.247. The van der Waals surface area contributed by atoms with Gasteiger partial charge in [0.15, 0.2) is 0 Å². The van der Waals surface area contributed by atoms with Gasteiger partial charge in [-0.1, -0.05) is 44.8 Å². The van der Waals surface area contributed by atoms with Crippen molar-refractivity contribution in [2.24, 2.45) is 23.7 Å². The van der Waals surface area contributed by atoms with Crippen LogP contribution in [0.3, 0.4) is 0 Å². The van der Waals surface area contributed by atoms with E-state index in [9.17, 15) is 0 Å². The van der Waals surface area contributed by atoms with E-state index in [1.807, 2.05) is 0 Å². The lowest BCUT2D eigenvalue weighted by atomic mass is 9.77. The fourth-order valence-corrected chi connectivity index (χ4v) is 3.95. The molecule has 0 aromatic rings. The molecule has 0 heterocycles. The maximum atomic E-state index is 2.50. The number of hydrogen-bond donors (Lipinski definition) is 0. The fourth-order valence-electron chi connectivity index (χ4n) is 3.95. The number of allylic oxidation sites excluding steroid dienone is 2. The summed E-state index contributed by atoms with van der Waals surface area (Å²) in [6.45, 7) is 7.04. The molecule has 0 aromatic carbocycles. The quantitative estimate of drug-likeness (QED) is 0.579. The first-order valence-corrected chi connectivity index (χ1v) is 6.91. The Morgan fingerprint density at radius 3 is 2.73 bits per heavy atom. The van der Waals surface area contributed by atoms with Gasteiger partial charge in [0.1, 0.15) is 0 Å². The summed E-state index contributed by atoms with van der Waals surface area (Å²) in [7, 11) is 0. The summed E-state index contributed by atoms with van der Waals surface area (Å²) in [5.74, 6) is 4.07. The Morgan fingerprint density at radius 1 is 1.40 bits per heavy atom.